The molecule has 0 saturated carbocycles. The number of benzene rings is 1. The second-order valence-electron chi connectivity index (χ2n) is 4.16. The largest absolute Gasteiger partial charge is 0.310 e. The molecule has 88 valence electrons. The number of hydrogen-bond donors (Lipinski definition) is 0. The van der Waals surface area contributed by atoms with E-state index in [9.17, 15) is 4.79 Å². The molecule has 0 spiro atoms. The average molecular weight is 339 g/mol. The predicted molar refractivity (Wildman–Crippen MR) is 78.4 cm³/mol. The number of halogens is 1. The van der Waals surface area contributed by atoms with Crippen molar-refractivity contribution in [3.8, 4) is 0 Å². The Kier molecular flexibility index (Phi) is 3.66. The smallest absolute Gasteiger partial charge is 0.264 e. The number of pyridine rings is 1. The van der Waals surface area contributed by atoms with Crippen LogP contribution in [-0.2, 0) is 6.54 Å². The molecular formula is C14H14INO. The van der Waals surface area contributed by atoms with Crippen LogP contribution in [0.2, 0.25) is 0 Å². The summed E-state index contributed by atoms with van der Waals surface area (Å²) in [5.41, 5.74) is 3.78. The zero-order valence-corrected chi connectivity index (χ0v) is 12.1. The third kappa shape index (κ3) is 2.60. The third-order valence-electron chi connectivity index (χ3n) is 2.95. The molecule has 0 fully saturated rings. The van der Waals surface area contributed by atoms with Crippen molar-refractivity contribution in [2.45, 2.75) is 20.4 Å². The molecule has 0 aliphatic carbocycles. The molecule has 0 bridgehead atoms. The van der Waals surface area contributed by atoms with Gasteiger partial charge in [-0.3, -0.25) is 4.79 Å². The zero-order valence-electron chi connectivity index (χ0n) is 9.90. The zero-order chi connectivity index (χ0) is 12.4. The summed E-state index contributed by atoms with van der Waals surface area (Å²) in [6, 6.07) is 9.97. The second kappa shape index (κ2) is 5.04. The van der Waals surface area contributed by atoms with Gasteiger partial charge in [0.1, 0.15) is 0 Å². The van der Waals surface area contributed by atoms with E-state index in [4.69, 9.17) is 0 Å². The van der Waals surface area contributed by atoms with Crippen molar-refractivity contribution in [3.63, 3.8) is 0 Å². The van der Waals surface area contributed by atoms with E-state index >= 15 is 0 Å². The van der Waals surface area contributed by atoms with Gasteiger partial charge in [0.05, 0.1) is 10.1 Å². The van der Waals surface area contributed by atoms with Crippen LogP contribution in [-0.4, -0.2) is 4.57 Å². The molecule has 1 heterocycles. The van der Waals surface area contributed by atoms with Gasteiger partial charge in [-0.2, -0.15) is 0 Å². The van der Waals surface area contributed by atoms with Crippen LogP contribution in [0.5, 0.6) is 0 Å². The monoisotopic (exact) mass is 339 g/mol. The van der Waals surface area contributed by atoms with Crippen LogP contribution < -0.4 is 5.56 Å². The van der Waals surface area contributed by atoms with Crippen molar-refractivity contribution in [1.82, 2.24) is 4.57 Å². The van der Waals surface area contributed by atoms with Gasteiger partial charge in [-0.05, 0) is 65.3 Å². The third-order valence-corrected chi connectivity index (χ3v) is 3.77. The van der Waals surface area contributed by atoms with Crippen molar-refractivity contribution in [2.75, 3.05) is 0 Å². The Hall–Kier alpha value is -1.10. The van der Waals surface area contributed by atoms with Crippen LogP contribution in [0.1, 0.15) is 16.7 Å². The molecule has 1 aromatic heterocycles. The number of nitrogens with zero attached hydrogens (tertiary/aromatic N) is 1. The van der Waals surface area contributed by atoms with E-state index in [1.54, 1.807) is 4.57 Å². The van der Waals surface area contributed by atoms with E-state index in [-0.39, 0.29) is 5.56 Å². The SMILES string of the molecule is Cc1cccc(C)c1Cn1cccc(I)c1=O. The van der Waals surface area contributed by atoms with Crippen LogP contribution in [0.4, 0.5) is 0 Å². The Morgan fingerprint density at radius 3 is 2.41 bits per heavy atom. The Morgan fingerprint density at radius 2 is 1.76 bits per heavy atom. The molecule has 0 N–H and O–H groups in total. The average Bonchev–Trinajstić information content (AvgIpc) is 2.29. The minimum atomic E-state index is 0.0794. The minimum Gasteiger partial charge on any atom is -0.310 e. The maximum atomic E-state index is 12.0. The van der Waals surface area contributed by atoms with Gasteiger partial charge in [0.25, 0.3) is 5.56 Å². The van der Waals surface area contributed by atoms with E-state index in [0.29, 0.717) is 6.54 Å². The van der Waals surface area contributed by atoms with E-state index in [1.807, 2.05) is 24.4 Å². The van der Waals surface area contributed by atoms with Crippen molar-refractivity contribution < 1.29 is 0 Å². The van der Waals surface area contributed by atoms with Crippen LogP contribution in [0.25, 0.3) is 0 Å². The first-order valence-corrected chi connectivity index (χ1v) is 6.57. The Morgan fingerprint density at radius 1 is 1.12 bits per heavy atom. The maximum absolute atomic E-state index is 12.0. The summed E-state index contributed by atoms with van der Waals surface area (Å²) in [4.78, 5) is 12.0. The van der Waals surface area contributed by atoms with Crippen molar-refractivity contribution in [3.05, 3.63) is 67.1 Å². The molecule has 0 unspecified atom stereocenters. The highest BCUT2D eigenvalue weighted by Gasteiger charge is 2.05. The summed E-state index contributed by atoms with van der Waals surface area (Å²) in [7, 11) is 0. The highest BCUT2D eigenvalue weighted by molar-refractivity contribution is 14.1. The molecule has 2 nitrogen and oxygen atoms in total. The van der Waals surface area contributed by atoms with Gasteiger partial charge in [0.15, 0.2) is 0 Å². The lowest BCUT2D eigenvalue weighted by molar-refractivity contribution is 0.746. The normalized spacial score (nSPS) is 10.5. The Bertz CT molecular complexity index is 581. The summed E-state index contributed by atoms with van der Waals surface area (Å²) in [5.74, 6) is 0. The molecule has 0 atom stereocenters. The quantitative estimate of drug-likeness (QED) is 0.771. The fourth-order valence-electron chi connectivity index (χ4n) is 1.90. The van der Waals surface area contributed by atoms with Gasteiger partial charge >= 0.3 is 0 Å². The van der Waals surface area contributed by atoms with Gasteiger partial charge in [-0.15, -0.1) is 0 Å². The molecule has 0 aliphatic rings. The van der Waals surface area contributed by atoms with E-state index in [0.717, 1.165) is 3.57 Å². The van der Waals surface area contributed by atoms with Gasteiger partial charge in [-0.1, -0.05) is 18.2 Å². The molecule has 0 radical (unpaired) electrons. The summed E-state index contributed by atoms with van der Waals surface area (Å²) < 4.78 is 2.52. The number of rotatable bonds is 2. The highest BCUT2D eigenvalue weighted by atomic mass is 127. The standard InChI is InChI=1S/C14H14INO/c1-10-5-3-6-11(2)12(10)9-16-8-4-7-13(15)14(16)17/h3-8H,9H2,1-2H3. The number of aryl methyl sites for hydroxylation is 2. The topological polar surface area (TPSA) is 22.0 Å². The summed E-state index contributed by atoms with van der Waals surface area (Å²) in [5, 5.41) is 0. The van der Waals surface area contributed by atoms with Crippen LogP contribution in [0.15, 0.2) is 41.3 Å². The fourth-order valence-corrected chi connectivity index (χ4v) is 2.42. The van der Waals surface area contributed by atoms with Crippen LogP contribution in [0, 0.1) is 17.4 Å². The summed E-state index contributed by atoms with van der Waals surface area (Å²) in [6.45, 7) is 4.82. The predicted octanol–water partition coefficient (Wildman–Crippen LogP) is 3.12. The van der Waals surface area contributed by atoms with Crippen LogP contribution in [0.3, 0.4) is 0 Å². The lowest BCUT2D eigenvalue weighted by Gasteiger charge is -2.11. The first-order chi connectivity index (χ1) is 8.09. The molecular weight excluding hydrogens is 325 g/mol. The molecule has 17 heavy (non-hydrogen) atoms. The molecule has 0 saturated heterocycles. The van der Waals surface area contributed by atoms with Crippen molar-refractivity contribution in [1.29, 1.82) is 0 Å². The molecule has 3 heteroatoms. The van der Waals surface area contributed by atoms with E-state index in [1.165, 1.54) is 16.7 Å². The molecule has 1 aromatic carbocycles. The Labute approximate surface area is 114 Å². The molecule has 0 aliphatic heterocycles. The van der Waals surface area contributed by atoms with Gasteiger partial charge in [0, 0.05) is 6.20 Å². The molecule has 0 amide bonds. The molecule has 2 rings (SSSR count). The fraction of sp³-hybridized carbons (Fsp3) is 0.214. The second-order valence-corrected chi connectivity index (χ2v) is 5.32. The first-order valence-electron chi connectivity index (χ1n) is 5.49. The number of hydrogen-bond acceptors (Lipinski definition) is 1. The lowest BCUT2D eigenvalue weighted by atomic mass is 10.0. The van der Waals surface area contributed by atoms with Crippen molar-refractivity contribution in [2.24, 2.45) is 0 Å². The number of aromatic nitrogens is 1. The van der Waals surface area contributed by atoms with Gasteiger partial charge < -0.3 is 4.57 Å². The highest BCUT2D eigenvalue weighted by Crippen LogP contribution is 2.14. The van der Waals surface area contributed by atoms with Gasteiger partial charge in [-0.25, -0.2) is 0 Å². The lowest BCUT2D eigenvalue weighted by Crippen LogP contribution is -2.22. The van der Waals surface area contributed by atoms with Gasteiger partial charge in [0.2, 0.25) is 0 Å². The van der Waals surface area contributed by atoms with Crippen LogP contribution >= 0.6 is 22.6 Å². The first kappa shape index (κ1) is 12.4. The molecule has 2 aromatic rings. The van der Waals surface area contributed by atoms with E-state index in [2.05, 4.69) is 48.6 Å². The summed E-state index contributed by atoms with van der Waals surface area (Å²) >= 11 is 2.08. The van der Waals surface area contributed by atoms with Crippen molar-refractivity contribution >= 4 is 22.6 Å². The Balaban J connectivity index is 2.45. The van der Waals surface area contributed by atoms with E-state index < -0.39 is 0 Å². The minimum absolute atomic E-state index is 0.0794. The maximum Gasteiger partial charge on any atom is 0.264 e. The summed E-state index contributed by atoms with van der Waals surface area (Å²) in [6.07, 6.45) is 1.84.